The predicted molar refractivity (Wildman–Crippen MR) is 59.3 cm³/mol. The molecule has 0 spiro atoms. The minimum atomic E-state index is -1.01. The molecule has 0 amide bonds. The third kappa shape index (κ3) is 2.48. The van der Waals surface area contributed by atoms with Crippen molar-refractivity contribution in [1.29, 1.82) is 5.26 Å². The SMILES string of the molecule is CC(CC#N)N(C)c1ncccc1C(=O)O. The first kappa shape index (κ1) is 12.0. The predicted octanol–water partition coefficient (Wildman–Crippen LogP) is 1.52. The molecular weight excluding hydrogens is 206 g/mol. The first-order valence-corrected chi connectivity index (χ1v) is 4.86. The van der Waals surface area contributed by atoms with E-state index in [2.05, 4.69) is 4.98 Å². The van der Waals surface area contributed by atoms with Crippen LogP contribution in [0.3, 0.4) is 0 Å². The number of hydrogen-bond acceptors (Lipinski definition) is 4. The molecule has 0 aliphatic rings. The zero-order valence-corrected chi connectivity index (χ0v) is 9.21. The van der Waals surface area contributed by atoms with Gasteiger partial charge in [0, 0.05) is 19.3 Å². The second kappa shape index (κ2) is 5.12. The van der Waals surface area contributed by atoms with Crippen molar-refractivity contribution in [2.45, 2.75) is 19.4 Å². The molecule has 1 atom stereocenters. The summed E-state index contributed by atoms with van der Waals surface area (Å²) in [5.74, 6) is -0.628. The molecule has 1 rings (SSSR count). The summed E-state index contributed by atoms with van der Waals surface area (Å²) in [7, 11) is 1.73. The van der Waals surface area contributed by atoms with Crippen molar-refractivity contribution >= 4 is 11.8 Å². The van der Waals surface area contributed by atoms with Crippen molar-refractivity contribution in [3.63, 3.8) is 0 Å². The average molecular weight is 219 g/mol. The molecule has 1 aromatic heterocycles. The summed E-state index contributed by atoms with van der Waals surface area (Å²) < 4.78 is 0. The van der Waals surface area contributed by atoms with Crippen molar-refractivity contribution in [3.05, 3.63) is 23.9 Å². The number of carboxylic acids is 1. The van der Waals surface area contributed by atoms with Gasteiger partial charge in [-0.3, -0.25) is 0 Å². The third-order valence-electron chi connectivity index (χ3n) is 2.40. The van der Waals surface area contributed by atoms with Crippen molar-refractivity contribution in [3.8, 4) is 6.07 Å². The van der Waals surface area contributed by atoms with Gasteiger partial charge in [-0.25, -0.2) is 9.78 Å². The lowest BCUT2D eigenvalue weighted by atomic mass is 10.2. The Morgan fingerprint density at radius 2 is 2.44 bits per heavy atom. The van der Waals surface area contributed by atoms with Crippen molar-refractivity contribution in [1.82, 2.24) is 4.98 Å². The lowest BCUT2D eigenvalue weighted by molar-refractivity contribution is 0.0697. The fraction of sp³-hybridized carbons (Fsp3) is 0.364. The fourth-order valence-corrected chi connectivity index (χ4v) is 1.32. The normalized spacial score (nSPS) is 11.6. The Balaban J connectivity index is 3.04. The Kier molecular flexibility index (Phi) is 3.84. The quantitative estimate of drug-likeness (QED) is 0.830. The number of carboxylic acid groups (broad SMARTS) is 1. The Morgan fingerprint density at radius 3 is 3.00 bits per heavy atom. The van der Waals surface area contributed by atoms with Crippen LogP contribution in [0.15, 0.2) is 18.3 Å². The van der Waals surface area contributed by atoms with Gasteiger partial charge in [0.2, 0.25) is 0 Å². The maximum Gasteiger partial charge on any atom is 0.339 e. The van der Waals surface area contributed by atoms with Gasteiger partial charge in [0.25, 0.3) is 0 Å². The van der Waals surface area contributed by atoms with E-state index in [4.69, 9.17) is 10.4 Å². The summed E-state index contributed by atoms with van der Waals surface area (Å²) in [6.07, 6.45) is 1.86. The zero-order valence-electron chi connectivity index (χ0n) is 9.21. The minimum Gasteiger partial charge on any atom is -0.478 e. The average Bonchev–Trinajstić information content (AvgIpc) is 2.28. The molecule has 0 bridgehead atoms. The van der Waals surface area contributed by atoms with E-state index in [1.54, 1.807) is 18.0 Å². The maximum atomic E-state index is 11.0. The largest absolute Gasteiger partial charge is 0.478 e. The smallest absolute Gasteiger partial charge is 0.339 e. The Morgan fingerprint density at radius 1 is 1.75 bits per heavy atom. The zero-order chi connectivity index (χ0) is 12.1. The number of rotatable bonds is 4. The molecule has 0 saturated carbocycles. The molecule has 0 aromatic carbocycles. The van der Waals surface area contributed by atoms with Crippen LogP contribution in [0.2, 0.25) is 0 Å². The van der Waals surface area contributed by atoms with Gasteiger partial charge in [0.05, 0.1) is 12.5 Å². The van der Waals surface area contributed by atoms with Crippen molar-refractivity contribution in [2.75, 3.05) is 11.9 Å². The standard InChI is InChI=1S/C11H13N3O2/c1-8(5-6-12)14(2)10-9(11(15)16)4-3-7-13-10/h3-4,7-8H,5H2,1-2H3,(H,15,16). The van der Waals surface area contributed by atoms with E-state index in [-0.39, 0.29) is 11.6 Å². The Hall–Kier alpha value is -2.09. The molecule has 84 valence electrons. The monoisotopic (exact) mass is 219 g/mol. The van der Waals surface area contributed by atoms with E-state index in [9.17, 15) is 4.79 Å². The highest BCUT2D eigenvalue weighted by Gasteiger charge is 2.17. The topological polar surface area (TPSA) is 77.2 Å². The van der Waals surface area contributed by atoms with E-state index >= 15 is 0 Å². The lowest BCUT2D eigenvalue weighted by Gasteiger charge is -2.25. The summed E-state index contributed by atoms with van der Waals surface area (Å²) in [6, 6.07) is 5.06. The molecule has 5 nitrogen and oxygen atoms in total. The highest BCUT2D eigenvalue weighted by molar-refractivity contribution is 5.93. The van der Waals surface area contributed by atoms with Gasteiger partial charge in [-0.05, 0) is 19.1 Å². The number of hydrogen-bond donors (Lipinski definition) is 1. The van der Waals surface area contributed by atoms with Gasteiger partial charge in [0.1, 0.15) is 11.4 Å². The lowest BCUT2D eigenvalue weighted by Crippen LogP contribution is -2.30. The highest BCUT2D eigenvalue weighted by Crippen LogP contribution is 2.18. The van der Waals surface area contributed by atoms with E-state index in [0.29, 0.717) is 12.2 Å². The van der Waals surface area contributed by atoms with E-state index in [1.807, 2.05) is 13.0 Å². The van der Waals surface area contributed by atoms with E-state index in [1.165, 1.54) is 12.3 Å². The maximum absolute atomic E-state index is 11.0. The van der Waals surface area contributed by atoms with Crippen LogP contribution in [-0.2, 0) is 0 Å². The second-order valence-electron chi connectivity index (χ2n) is 3.50. The van der Waals surface area contributed by atoms with Crippen LogP contribution >= 0.6 is 0 Å². The molecule has 0 aliphatic carbocycles. The van der Waals surface area contributed by atoms with Crippen LogP contribution in [0.25, 0.3) is 0 Å². The van der Waals surface area contributed by atoms with Crippen LogP contribution in [0.1, 0.15) is 23.7 Å². The summed E-state index contributed by atoms with van der Waals surface area (Å²) >= 11 is 0. The van der Waals surface area contributed by atoms with Gasteiger partial charge < -0.3 is 10.0 Å². The van der Waals surface area contributed by atoms with E-state index < -0.39 is 5.97 Å². The number of anilines is 1. The molecule has 5 heteroatoms. The number of carbonyl (C=O) groups is 1. The van der Waals surface area contributed by atoms with Crippen LogP contribution in [0.4, 0.5) is 5.82 Å². The number of aromatic carboxylic acids is 1. The van der Waals surface area contributed by atoms with Crippen LogP contribution in [0, 0.1) is 11.3 Å². The Labute approximate surface area is 93.9 Å². The minimum absolute atomic E-state index is 0.0713. The summed E-state index contributed by atoms with van der Waals surface area (Å²) in [4.78, 5) is 16.7. The second-order valence-corrected chi connectivity index (χ2v) is 3.50. The van der Waals surface area contributed by atoms with Gasteiger partial charge in [0.15, 0.2) is 0 Å². The molecule has 0 aliphatic heterocycles. The molecular formula is C11H13N3O2. The van der Waals surface area contributed by atoms with Gasteiger partial charge in [-0.1, -0.05) is 0 Å². The van der Waals surface area contributed by atoms with Crippen molar-refractivity contribution < 1.29 is 9.90 Å². The number of pyridine rings is 1. The molecule has 0 fully saturated rings. The van der Waals surface area contributed by atoms with Crippen LogP contribution in [0.5, 0.6) is 0 Å². The number of nitriles is 1. The molecule has 16 heavy (non-hydrogen) atoms. The van der Waals surface area contributed by atoms with E-state index in [0.717, 1.165) is 0 Å². The first-order chi connectivity index (χ1) is 7.57. The van der Waals surface area contributed by atoms with Crippen LogP contribution < -0.4 is 4.90 Å². The molecule has 1 heterocycles. The summed E-state index contributed by atoms with van der Waals surface area (Å²) in [5.41, 5.74) is 0.148. The molecule has 0 saturated heterocycles. The number of nitrogens with zero attached hydrogens (tertiary/aromatic N) is 3. The summed E-state index contributed by atoms with van der Waals surface area (Å²) in [5, 5.41) is 17.6. The molecule has 1 aromatic rings. The molecule has 0 radical (unpaired) electrons. The fourth-order valence-electron chi connectivity index (χ4n) is 1.32. The highest BCUT2D eigenvalue weighted by atomic mass is 16.4. The number of aromatic nitrogens is 1. The molecule has 1 N–H and O–H groups in total. The van der Waals surface area contributed by atoms with Gasteiger partial charge in [-0.2, -0.15) is 5.26 Å². The van der Waals surface area contributed by atoms with Gasteiger partial charge >= 0.3 is 5.97 Å². The van der Waals surface area contributed by atoms with Gasteiger partial charge in [-0.15, -0.1) is 0 Å². The van der Waals surface area contributed by atoms with Crippen LogP contribution in [-0.4, -0.2) is 29.1 Å². The first-order valence-electron chi connectivity index (χ1n) is 4.86. The summed E-state index contributed by atoms with van der Waals surface area (Å²) in [6.45, 7) is 1.85. The molecule has 1 unspecified atom stereocenters. The third-order valence-corrected chi connectivity index (χ3v) is 2.40. The van der Waals surface area contributed by atoms with Crippen molar-refractivity contribution in [2.24, 2.45) is 0 Å². The Bertz CT molecular complexity index is 425.